The third-order valence-electron chi connectivity index (χ3n) is 4.12. The molecule has 0 amide bonds. The first-order valence-electron chi connectivity index (χ1n) is 6.96. The van der Waals surface area contributed by atoms with Crippen LogP contribution >= 0.6 is 23.4 Å². The van der Waals surface area contributed by atoms with Crippen molar-refractivity contribution in [2.75, 3.05) is 12.8 Å². The molecule has 0 bridgehead atoms. The minimum atomic E-state index is 0.266. The van der Waals surface area contributed by atoms with Gasteiger partial charge in [-0.25, -0.2) is 0 Å². The van der Waals surface area contributed by atoms with Crippen molar-refractivity contribution in [1.82, 2.24) is 5.32 Å². The summed E-state index contributed by atoms with van der Waals surface area (Å²) in [5, 5.41) is 5.31. The first-order chi connectivity index (χ1) is 9.24. The molecule has 19 heavy (non-hydrogen) atoms. The Bertz CT molecular complexity index is 454. The molecule has 0 radical (unpaired) electrons. The number of benzene rings is 1. The van der Waals surface area contributed by atoms with Gasteiger partial charge in [0.2, 0.25) is 0 Å². The highest BCUT2D eigenvalue weighted by molar-refractivity contribution is 7.99. The average molecular weight is 298 g/mol. The number of rotatable bonds is 4. The summed E-state index contributed by atoms with van der Waals surface area (Å²) >= 11 is 8.01. The van der Waals surface area contributed by atoms with Crippen LogP contribution in [-0.4, -0.2) is 30.2 Å². The molecule has 3 unspecified atom stereocenters. The molecule has 2 nitrogen and oxygen atoms in total. The lowest BCUT2D eigenvalue weighted by atomic mass is 10.1. The van der Waals surface area contributed by atoms with E-state index in [1.807, 2.05) is 30.0 Å². The topological polar surface area (TPSA) is 21.3 Å². The zero-order valence-electron chi connectivity index (χ0n) is 11.2. The van der Waals surface area contributed by atoms with E-state index in [4.69, 9.17) is 16.3 Å². The van der Waals surface area contributed by atoms with E-state index in [9.17, 15) is 0 Å². The van der Waals surface area contributed by atoms with Gasteiger partial charge in [0, 0.05) is 29.3 Å². The zero-order chi connectivity index (χ0) is 13.2. The fourth-order valence-corrected chi connectivity index (χ4v) is 4.03. The quantitative estimate of drug-likeness (QED) is 0.919. The van der Waals surface area contributed by atoms with Gasteiger partial charge < -0.3 is 10.1 Å². The van der Waals surface area contributed by atoms with Gasteiger partial charge in [-0.3, -0.25) is 0 Å². The Labute approximate surface area is 124 Å². The van der Waals surface area contributed by atoms with Gasteiger partial charge in [0.1, 0.15) is 11.9 Å². The normalized spacial score (nSPS) is 29.3. The Morgan fingerprint density at radius 1 is 1.42 bits per heavy atom. The molecule has 1 fully saturated rings. The van der Waals surface area contributed by atoms with Crippen LogP contribution in [0.1, 0.15) is 24.8 Å². The molecule has 2 aliphatic rings. The maximum absolute atomic E-state index is 6.01. The van der Waals surface area contributed by atoms with Crippen LogP contribution in [0, 0.1) is 0 Å². The van der Waals surface area contributed by atoms with Gasteiger partial charge in [0.25, 0.3) is 0 Å². The van der Waals surface area contributed by atoms with Crippen molar-refractivity contribution in [2.24, 2.45) is 0 Å². The summed E-state index contributed by atoms with van der Waals surface area (Å²) in [4.78, 5) is 0. The van der Waals surface area contributed by atoms with Gasteiger partial charge in [0.15, 0.2) is 0 Å². The third kappa shape index (κ3) is 3.21. The Kier molecular flexibility index (Phi) is 4.25. The number of hydrogen-bond acceptors (Lipinski definition) is 3. The van der Waals surface area contributed by atoms with Gasteiger partial charge in [-0.15, -0.1) is 0 Å². The summed E-state index contributed by atoms with van der Waals surface area (Å²) in [5.74, 6) is 1.00. The van der Waals surface area contributed by atoms with Crippen LogP contribution in [0.15, 0.2) is 18.2 Å². The van der Waals surface area contributed by atoms with E-state index in [2.05, 4.69) is 11.6 Å². The molecular weight excluding hydrogens is 278 g/mol. The lowest BCUT2D eigenvalue weighted by Gasteiger charge is -2.16. The minimum absolute atomic E-state index is 0.266. The van der Waals surface area contributed by atoms with Crippen LogP contribution in [0.2, 0.25) is 5.02 Å². The lowest BCUT2D eigenvalue weighted by Crippen LogP contribution is -2.36. The summed E-state index contributed by atoms with van der Waals surface area (Å²) < 4.78 is 5.95. The van der Waals surface area contributed by atoms with Crippen LogP contribution in [0.5, 0.6) is 5.75 Å². The predicted octanol–water partition coefficient (Wildman–Crippen LogP) is 3.52. The second-order valence-electron chi connectivity index (χ2n) is 5.47. The van der Waals surface area contributed by atoms with Gasteiger partial charge in [0.05, 0.1) is 0 Å². The van der Waals surface area contributed by atoms with Crippen LogP contribution < -0.4 is 10.1 Å². The molecule has 1 aromatic carbocycles. The SMILES string of the molecule is CSC1CCC(NCC2Cc3cc(Cl)ccc3O2)C1. The fraction of sp³-hybridized carbons (Fsp3) is 0.600. The Morgan fingerprint density at radius 3 is 3.11 bits per heavy atom. The van der Waals surface area contributed by atoms with Crippen molar-refractivity contribution in [3.05, 3.63) is 28.8 Å². The fourth-order valence-electron chi connectivity index (χ4n) is 3.04. The minimum Gasteiger partial charge on any atom is -0.488 e. The molecule has 1 aromatic rings. The largest absolute Gasteiger partial charge is 0.488 e. The molecule has 1 aliphatic carbocycles. The first-order valence-corrected chi connectivity index (χ1v) is 8.62. The molecule has 4 heteroatoms. The van der Waals surface area contributed by atoms with E-state index in [1.165, 1.54) is 24.8 Å². The maximum atomic E-state index is 6.01. The van der Waals surface area contributed by atoms with E-state index in [1.54, 1.807) is 0 Å². The zero-order valence-corrected chi connectivity index (χ0v) is 12.8. The van der Waals surface area contributed by atoms with Crippen molar-refractivity contribution in [1.29, 1.82) is 0 Å². The average Bonchev–Trinajstić information content (AvgIpc) is 3.01. The Hall–Kier alpha value is -0.380. The molecule has 0 spiro atoms. The number of halogens is 1. The molecule has 3 atom stereocenters. The molecule has 1 aliphatic heterocycles. The van der Waals surface area contributed by atoms with Crippen LogP contribution in [-0.2, 0) is 6.42 Å². The summed E-state index contributed by atoms with van der Waals surface area (Å²) in [6.45, 7) is 0.943. The maximum Gasteiger partial charge on any atom is 0.123 e. The van der Waals surface area contributed by atoms with Crippen molar-refractivity contribution < 1.29 is 4.74 Å². The number of ether oxygens (including phenoxy) is 1. The van der Waals surface area contributed by atoms with E-state index in [-0.39, 0.29) is 6.10 Å². The monoisotopic (exact) mass is 297 g/mol. The van der Waals surface area contributed by atoms with Crippen LogP contribution in [0.3, 0.4) is 0 Å². The van der Waals surface area contributed by atoms with E-state index < -0.39 is 0 Å². The standard InChI is InChI=1S/C15H20ClNOS/c1-19-14-4-3-12(8-14)17-9-13-7-10-6-11(16)2-5-15(10)18-13/h2,5-6,12-14,17H,3-4,7-9H2,1H3. The predicted molar refractivity (Wildman–Crippen MR) is 82.5 cm³/mol. The molecular formula is C15H20ClNOS. The molecule has 104 valence electrons. The van der Waals surface area contributed by atoms with Crippen LogP contribution in [0.25, 0.3) is 0 Å². The van der Waals surface area contributed by atoms with Crippen molar-refractivity contribution in [3.63, 3.8) is 0 Å². The molecule has 1 saturated carbocycles. The summed E-state index contributed by atoms with van der Waals surface area (Å²) in [6.07, 6.45) is 7.40. The highest BCUT2D eigenvalue weighted by Gasteiger charge is 2.27. The van der Waals surface area contributed by atoms with Gasteiger partial charge in [-0.2, -0.15) is 11.8 Å². The highest BCUT2D eigenvalue weighted by Crippen LogP contribution is 2.32. The highest BCUT2D eigenvalue weighted by atomic mass is 35.5. The molecule has 3 rings (SSSR count). The van der Waals surface area contributed by atoms with E-state index >= 15 is 0 Å². The van der Waals surface area contributed by atoms with Crippen LogP contribution in [0.4, 0.5) is 0 Å². The summed E-state index contributed by atoms with van der Waals surface area (Å²) in [5.41, 5.74) is 1.24. The third-order valence-corrected chi connectivity index (χ3v) is 5.45. The molecule has 1 N–H and O–H groups in total. The number of nitrogens with one attached hydrogen (secondary N) is 1. The number of thioether (sulfide) groups is 1. The van der Waals surface area contributed by atoms with Crippen molar-refractivity contribution in [2.45, 2.75) is 43.1 Å². The molecule has 0 saturated heterocycles. The molecule has 1 heterocycles. The Balaban J connectivity index is 1.48. The lowest BCUT2D eigenvalue weighted by molar-refractivity contribution is 0.221. The summed E-state index contributed by atoms with van der Waals surface area (Å²) in [6, 6.07) is 6.58. The molecule has 0 aromatic heterocycles. The number of hydrogen-bond donors (Lipinski definition) is 1. The van der Waals surface area contributed by atoms with Crippen molar-refractivity contribution in [3.8, 4) is 5.75 Å². The Morgan fingerprint density at radius 2 is 2.32 bits per heavy atom. The smallest absolute Gasteiger partial charge is 0.123 e. The van der Waals surface area contributed by atoms with Gasteiger partial charge in [-0.05, 0) is 49.3 Å². The van der Waals surface area contributed by atoms with E-state index in [0.29, 0.717) is 6.04 Å². The van der Waals surface area contributed by atoms with E-state index in [0.717, 1.165) is 29.0 Å². The second-order valence-corrected chi connectivity index (χ2v) is 7.05. The summed E-state index contributed by atoms with van der Waals surface area (Å²) in [7, 11) is 0. The van der Waals surface area contributed by atoms with Gasteiger partial charge >= 0.3 is 0 Å². The number of fused-ring (bicyclic) bond motifs is 1. The van der Waals surface area contributed by atoms with Gasteiger partial charge in [-0.1, -0.05) is 11.6 Å². The second kappa shape index (κ2) is 5.94. The first kappa shape index (κ1) is 13.6. The van der Waals surface area contributed by atoms with Crippen molar-refractivity contribution >= 4 is 23.4 Å².